The summed E-state index contributed by atoms with van der Waals surface area (Å²) >= 11 is 7.84. The van der Waals surface area contributed by atoms with Crippen LogP contribution in [0.15, 0.2) is 53.9 Å². The molecule has 0 aliphatic carbocycles. The van der Waals surface area contributed by atoms with Crippen LogP contribution in [-0.4, -0.2) is 35.1 Å². The molecule has 2 N–H and O–H groups in total. The van der Waals surface area contributed by atoms with Crippen molar-refractivity contribution in [3.63, 3.8) is 0 Å². The van der Waals surface area contributed by atoms with Crippen LogP contribution in [0.3, 0.4) is 0 Å². The lowest BCUT2D eigenvalue weighted by atomic mass is 10.1. The number of carboxylic acids is 1. The second kappa shape index (κ2) is 9.54. The van der Waals surface area contributed by atoms with Gasteiger partial charge in [-0.1, -0.05) is 41.9 Å². The third-order valence-corrected chi connectivity index (χ3v) is 5.51. The molecule has 0 aliphatic rings. The van der Waals surface area contributed by atoms with E-state index in [0.29, 0.717) is 17.1 Å². The molecule has 1 heterocycles. The topological polar surface area (TPSA) is 82.5 Å². The number of aromatic nitrogens is 1. The van der Waals surface area contributed by atoms with Gasteiger partial charge in [-0.3, -0.25) is 9.59 Å². The molecule has 0 saturated carbocycles. The fourth-order valence-corrected chi connectivity index (χ4v) is 3.88. The smallest absolute Gasteiger partial charge is 0.322 e. The molecule has 0 aliphatic heterocycles. The Hall–Kier alpha value is -2.90. The number of amides is 1. The van der Waals surface area contributed by atoms with Crippen LogP contribution in [0.5, 0.6) is 0 Å². The Morgan fingerprint density at radius 1 is 1.17 bits per heavy atom. The van der Waals surface area contributed by atoms with Gasteiger partial charge < -0.3 is 15.3 Å². The van der Waals surface area contributed by atoms with E-state index in [1.54, 1.807) is 23.5 Å². The number of benzene rings is 2. The van der Waals surface area contributed by atoms with Gasteiger partial charge >= 0.3 is 5.97 Å². The Labute approximate surface area is 177 Å². The molecule has 0 spiro atoms. The number of nitrogens with zero attached hydrogens (tertiary/aromatic N) is 2. The standard InChI is InChI=1S/C21H20ClN3O3S/c1-2-25(21-24-18(13-29-21)16-5-3-4-6-17(16)22)12-14-7-9-15(10-8-14)20(28)23-11-19(26)27/h3-10,13H,2,11-12H2,1H3,(H,23,28)(H,26,27). The van der Waals surface area contributed by atoms with Crippen molar-refractivity contribution in [2.45, 2.75) is 13.5 Å². The van der Waals surface area contributed by atoms with Gasteiger partial charge in [-0.15, -0.1) is 11.3 Å². The minimum absolute atomic E-state index is 0.401. The Morgan fingerprint density at radius 3 is 2.55 bits per heavy atom. The van der Waals surface area contributed by atoms with Crippen LogP contribution >= 0.6 is 22.9 Å². The van der Waals surface area contributed by atoms with Crippen LogP contribution in [0.25, 0.3) is 11.3 Å². The molecular formula is C21H20ClN3O3S. The van der Waals surface area contributed by atoms with Gasteiger partial charge in [0.25, 0.3) is 5.91 Å². The van der Waals surface area contributed by atoms with Gasteiger partial charge in [0, 0.05) is 34.6 Å². The summed E-state index contributed by atoms with van der Waals surface area (Å²) in [5, 5.41) is 14.6. The van der Waals surface area contributed by atoms with Crippen molar-refractivity contribution in [2.24, 2.45) is 0 Å². The van der Waals surface area contributed by atoms with E-state index in [-0.39, 0.29) is 0 Å². The number of hydrogen-bond acceptors (Lipinski definition) is 5. The average molecular weight is 430 g/mol. The number of carbonyl (C=O) groups excluding carboxylic acids is 1. The minimum atomic E-state index is -1.08. The molecule has 0 saturated heterocycles. The lowest BCUT2D eigenvalue weighted by Gasteiger charge is -2.20. The van der Waals surface area contributed by atoms with E-state index >= 15 is 0 Å². The average Bonchev–Trinajstić information content (AvgIpc) is 3.20. The molecule has 6 nitrogen and oxygen atoms in total. The Bertz CT molecular complexity index is 1000. The highest BCUT2D eigenvalue weighted by atomic mass is 35.5. The van der Waals surface area contributed by atoms with E-state index in [4.69, 9.17) is 21.7 Å². The van der Waals surface area contributed by atoms with E-state index in [9.17, 15) is 9.59 Å². The van der Waals surface area contributed by atoms with Crippen LogP contribution in [0.4, 0.5) is 5.13 Å². The van der Waals surface area contributed by atoms with Crippen molar-refractivity contribution < 1.29 is 14.7 Å². The van der Waals surface area contributed by atoms with Gasteiger partial charge in [-0.2, -0.15) is 0 Å². The number of anilines is 1. The van der Waals surface area contributed by atoms with Gasteiger partial charge in [-0.25, -0.2) is 4.98 Å². The summed E-state index contributed by atoms with van der Waals surface area (Å²) in [5.41, 5.74) is 3.20. The molecule has 1 aromatic heterocycles. The van der Waals surface area contributed by atoms with Gasteiger partial charge in [0.05, 0.1) is 5.69 Å². The monoisotopic (exact) mass is 429 g/mol. The number of carbonyl (C=O) groups is 2. The van der Waals surface area contributed by atoms with E-state index in [2.05, 4.69) is 17.1 Å². The molecule has 8 heteroatoms. The van der Waals surface area contributed by atoms with Crippen molar-refractivity contribution >= 4 is 39.9 Å². The summed E-state index contributed by atoms with van der Waals surface area (Å²) in [6.45, 7) is 3.08. The molecular weight excluding hydrogens is 410 g/mol. The first-order chi connectivity index (χ1) is 14.0. The predicted molar refractivity (Wildman–Crippen MR) is 116 cm³/mol. The molecule has 0 unspecified atom stereocenters. The number of carboxylic acid groups (broad SMARTS) is 1. The molecule has 29 heavy (non-hydrogen) atoms. The second-order valence-corrected chi connectivity index (χ2v) is 7.53. The molecule has 3 rings (SSSR count). The third-order valence-electron chi connectivity index (χ3n) is 4.28. The summed E-state index contributed by atoms with van der Waals surface area (Å²) in [6.07, 6.45) is 0. The van der Waals surface area contributed by atoms with Crippen LogP contribution in [-0.2, 0) is 11.3 Å². The highest BCUT2D eigenvalue weighted by molar-refractivity contribution is 7.14. The summed E-state index contributed by atoms with van der Waals surface area (Å²) in [7, 11) is 0. The second-order valence-electron chi connectivity index (χ2n) is 6.28. The number of aliphatic carboxylic acids is 1. The Balaban J connectivity index is 1.70. The first-order valence-electron chi connectivity index (χ1n) is 9.02. The maximum atomic E-state index is 11.9. The van der Waals surface area contributed by atoms with Gasteiger partial charge in [-0.05, 0) is 30.7 Å². The molecule has 150 valence electrons. The van der Waals surface area contributed by atoms with Crippen LogP contribution in [0.1, 0.15) is 22.8 Å². The molecule has 0 fully saturated rings. The quantitative estimate of drug-likeness (QED) is 0.557. The van der Waals surface area contributed by atoms with Gasteiger partial charge in [0.15, 0.2) is 5.13 Å². The molecule has 1 amide bonds. The number of rotatable bonds is 8. The summed E-state index contributed by atoms with van der Waals surface area (Å²) in [5.74, 6) is -1.48. The van der Waals surface area contributed by atoms with Crippen molar-refractivity contribution in [1.82, 2.24) is 10.3 Å². The van der Waals surface area contributed by atoms with Crippen molar-refractivity contribution in [3.8, 4) is 11.3 Å². The van der Waals surface area contributed by atoms with E-state index in [1.165, 1.54) is 0 Å². The van der Waals surface area contributed by atoms with Crippen LogP contribution in [0.2, 0.25) is 5.02 Å². The number of nitrogens with one attached hydrogen (secondary N) is 1. The summed E-state index contributed by atoms with van der Waals surface area (Å²) < 4.78 is 0. The normalized spacial score (nSPS) is 10.6. The van der Waals surface area contributed by atoms with Crippen molar-refractivity contribution in [2.75, 3.05) is 18.0 Å². The summed E-state index contributed by atoms with van der Waals surface area (Å²) in [6, 6.07) is 14.7. The maximum absolute atomic E-state index is 11.9. The van der Waals surface area contributed by atoms with Crippen LogP contribution < -0.4 is 10.2 Å². The van der Waals surface area contributed by atoms with E-state index in [1.807, 2.05) is 41.8 Å². The van der Waals surface area contributed by atoms with E-state index in [0.717, 1.165) is 28.5 Å². The zero-order valence-corrected chi connectivity index (χ0v) is 17.3. The summed E-state index contributed by atoms with van der Waals surface area (Å²) in [4.78, 5) is 29.4. The maximum Gasteiger partial charge on any atom is 0.322 e. The Kier molecular flexibility index (Phi) is 6.85. The highest BCUT2D eigenvalue weighted by Gasteiger charge is 2.13. The minimum Gasteiger partial charge on any atom is -0.480 e. The first kappa shape index (κ1) is 20.8. The molecule has 0 bridgehead atoms. The molecule has 2 aromatic carbocycles. The fraction of sp³-hybridized carbons (Fsp3) is 0.190. The number of halogens is 1. The largest absolute Gasteiger partial charge is 0.480 e. The Morgan fingerprint density at radius 2 is 1.90 bits per heavy atom. The number of thiazole rings is 1. The van der Waals surface area contributed by atoms with Crippen molar-refractivity contribution in [3.05, 3.63) is 70.1 Å². The highest BCUT2D eigenvalue weighted by Crippen LogP contribution is 2.32. The molecule has 0 radical (unpaired) electrons. The van der Waals surface area contributed by atoms with E-state index < -0.39 is 18.4 Å². The van der Waals surface area contributed by atoms with Gasteiger partial charge in [0.2, 0.25) is 0 Å². The zero-order chi connectivity index (χ0) is 20.8. The number of hydrogen-bond donors (Lipinski definition) is 2. The molecule has 0 atom stereocenters. The molecule has 3 aromatic rings. The zero-order valence-electron chi connectivity index (χ0n) is 15.8. The predicted octanol–water partition coefficient (Wildman–Crippen LogP) is 4.30. The third kappa shape index (κ3) is 5.34. The van der Waals surface area contributed by atoms with Crippen LogP contribution in [0, 0.1) is 0 Å². The fourth-order valence-electron chi connectivity index (χ4n) is 2.76. The SMILES string of the molecule is CCN(Cc1ccc(C(=O)NCC(=O)O)cc1)c1nc(-c2ccccc2Cl)cs1. The van der Waals surface area contributed by atoms with Crippen molar-refractivity contribution in [1.29, 1.82) is 0 Å². The lowest BCUT2D eigenvalue weighted by Crippen LogP contribution is -2.29. The lowest BCUT2D eigenvalue weighted by molar-refractivity contribution is -0.135. The van der Waals surface area contributed by atoms with Gasteiger partial charge in [0.1, 0.15) is 6.54 Å². The first-order valence-corrected chi connectivity index (χ1v) is 10.3.